The van der Waals surface area contributed by atoms with E-state index >= 15 is 0 Å². The normalized spacial score (nSPS) is 11.1. The van der Waals surface area contributed by atoms with Crippen LogP contribution >= 0.6 is 0 Å². The standard InChI is InChI=1S/C21H18FNO7S/c1-28-20(24)12-30-19-10-9-18(14-5-3-4-6-15(14)19)23-31(26,27)13-7-8-16(17(22)11-13)21(25)29-2/h3-11,23H,12H2,1-2H3. The maximum Gasteiger partial charge on any atom is 0.343 e. The maximum atomic E-state index is 14.2. The predicted octanol–water partition coefficient (Wildman–Crippen LogP) is 3.12. The van der Waals surface area contributed by atoms with E-state index in [1.54, 1.807) is 24.3 Å². The molecule has 0 aliphatic heterocycles. The van der Waals surface area contributed by atoms with E-state index in [1.165, 1.54) is 19.2 Å². The van der Waals surface area contributed by atoms with Crippen molar-refractivity contribution in [2.45, 2.75) is 4.90 Å². The minimum Gasteiger partial charge on any atom is -0.481 e. The van der Waals surface area contributed by atoms with Gasteiger partial charge in [0.25, 0.3) is 10.0 Å². The quantitative estimate of drug-likeness (QED) is 0.555. The summed E-state index contributed by atoms with van der Waals surface area (Å²) in [6.07, 6.45) is 0. The lowest BCUT2D eigenvalue weighted by Gasteiger charge is -2.14. The van der Waals surface area contributed by atoms with Gasteiger partial charge in [0.1, 0.15) is 11.6 Å². The number of nitrogens with one attached hydrogen (secondary N) is 1. The van der Waals surface area contributed by atoms with Crippen LogP contribution in [0.25, 0.3) is 10.8 Å². The monoisotopic (exact) mass is 447 g/mol. The Kier molecular flexibility index (Phi) is 6.40. The second-order valence-electron chi connectivity index (χ2n) is 6.26. The molecule has 0 aliphatic carbocycles. The number of carbonyl (C=O) groups is 2. The van der Waals surface area contributed by atoms with Crippen LogP contribution in [0.15, 0.2) is 59.5 Å². The highest BCUT2D eigenvalue weighted by atomic mass is 32.2. The van der Waals surface area contributed by atoms with Crippen molar-refractivity contribution in [3.8, 4) is 5.75 Å². The van der Waals surface area contributed by atoms with Crippen LogP contribution in [0.2, 0.25) is 0 Å². The summed E-state index contributed by atoms with van der Waals surface area (Å²) in [6, 6.07) is 12.6. The fraction of sp³-hybridized carbons (Fsp3) is 0.143. The smallest absolute Gasteiger partial charge is 0.343 e. The lowest BCUT2D eigenvalue weighted by atomic mass is 10.1. The molecule has 10 heteroatoms. The molecule has 0 aliphatic rings. The van der Waals surface area contributed by atoms with E-state index in [1.807, 2.05) is 0 Å². The van der Waals surface area contributed by atoms with Crippen LogP contribution < -0.4 is 9.46 Å². The first-order valence-corrected chi connectivity index (χ1v) is 10.4. The minimum atomic E-state index is -4.18. The zero-order valence-corrected chi connectivity index (χ0v) is 17.4. The van der Waals surface area contributed by atoms with Gasteiger partial charge >= 0.3 is 11.9 Å². The topological polar surface area (TPSA) is 108 Å². The number of hydrogen-bond donors (Lipinski definition) is 1. The van der Waals surface area contributed by atoms with Gasteiger partial charge in [-0.15, -0.1) is 0 Å². The molecule has 0 fully saturated rings. The number of halogens is 1. The Morgan fingerprint density at radius 3 is 2.32 bits per heavy atom. The third-order valence-corrected chi connectivity index (χ3v) is 5.72. The summed E-state index contributed by atoms with van der Waals surface area (Å²) < 4.78 is 56.7. The molecule has 0 radical (unpaired) electrons. The van der Waals surface area contributed by atoms with Gasteiger partial charge in [0.2, 0.25) is 0 Å². The summed E-state index contributed by atoms with van der Waals surface area (Å²) in [7, 11) is -1.84. The highest BCUT2D eigenvalue weighted by Crippen LogP contribution is 2.33. The molecule has 0 unspecified atom stereocenters. The first-order valence-electron chi connectivity index (χ1n) is 8.89. The number of rotatable bonds is 7. The summed E-state index contributed by atoms with van der Waals surface area (Å²) in [5.41, 5.74) is -0.155. The van der Waals surface area contributed by atoms with Gasteiger partial charge in [0.05, 0.1) is 30.4 Å². The highest BCUT2D eigenvalue weighted by molar-refractivity contribution is 7.92. The zero-order chi connectivity index (χ0) is 22.6. The van der Waals surface area contributed by atoms with Crippen molar-refractivity contribution in [1.82, 2.24) is 0 Å². The second kappa shape index (κ2) is 9.00. The number of sulfonamides is 1. The maximum absolute atomic E-state index is 14.2. The molecule has 0 saturated carbocycles. The minimum absolute atomic E-state index is 0.221. The van der Waals surface area contributed by atoms with Gasteiger partial charge in [-0.3, -0.25) is 4.72 Å². The summed E-state index contributed by atoms with van der Waals surface area (Å²) in [5.74, 6) is -2.14. The molecule has 8 nitrogen and oxygen atoms in total. The van der Waals surface area contributed by atoms with Crippen molar-refractivity contribution in [3.05, 3.63) is 66.0 Å². The highest BCUT2D eigenvalue weighted by Gasteiger charge is 2.21. The molecule has 162 valence electrons. The van der Waals surface area contributed by atoms with E-state index in [0.29, 0.717) is 16.5 Å². The number of ether oxygens (including phenoxy) is 3. The molecule has 3 rings (SSSR count). The molecular formula is C21H18FNO7S. The molecule has 1 N–H and O–H groups in total. The van der Waals surface area contributed by atoms with Gasteiger partial charge in [0, 0.05) is 10.8 Å². The first kappa shape index (κ1) is 22.0. The SMILES string of the molecule is COC(=O)COc1ccc(NS(=O)(=O)c2ccc(C(=O)OC)c(F)c2)c2ccccc12. The van der Waals surface area contributed by atoms with Crippen LogP contribution in [0.4, 0.5) is 10.1 Å². The average Bonchev–Trinajstić information content (AvgIpc) is 2.77. The molecule has 0 heterocycles. The van der Waals surface area contributed by atoms with Crippen LogP contribution in [0.3, 0.4) is 0 Å². The van der Waals surface area contributed by atoms with Gasteiger partial charge in [-0.25, -0.2) is 22.4 Å². The molecule has 3 aromatic rings. The molecule has 3 aromatic carbocycles. The third-order valence-electron chi connectivity index (χ3n) is 4.36. The van der Waals surface area contributed by atoms with Crippen LogP contribution in [0, 0.1) is 5.82 Å². The lowest BCUT2D eigenvalue weighted by Crippen LogP contribution is -2.15. The largest absolute Gasteiger partial charge is 0.481 e. The molecule has 0 amide bonds. The Hall–Kier alpha value is -3.66. The van der Waals surface area contributed by atoms with Gasteiger partial charge in [-0.2, -0.15) is 0 Å². The Labute approximate surface area is 177 Å². The molecular weight excluding hydrogens is 429 g/mol. The van der Waals surface area contributed by atoms with Crippen LogP contribution in [-0.4, -0.2) is 41.2 Å². The number of anilines is 1. The van der Waals surface area contributed by atoms with Crippen molar-refractivity contribution in [1.29, 1.82) is 0 Å². The summed E-state index contributed by atoms with van der Waals surface area (Å²) >= 11 is 0. The van der Waals surface area contributed by atoms with Gasteiger partial charge in [0.15, 0.2) is 6.61 Å². The Morgan fingerprint density at radius 2 is 1.68 bits per heavy atom. The number of methoxy groups -OCH3 is 2. The average molecular weight is 447 g/mol. The van der Waals surface area contributed by atoms with Crippen LogP contribution in [0.5, 0.6) is 5.75 Å². The van der Waals surface area contributed by atoms with E-state index < -0.39 is 27.8 Å². The van der Waals surface area contributed by atoms with E-state index in [2.05, 4.69) is 14.2 Å². The molecule has 0 atom stereocenters. The van der Waals surface area contributed by atoms with Crippen molar-refractivity contribution < 1.29 is 36.6 Å². The summed E-state index contributed by atoms with van der Waals surface area (Å²) in [4.78, 5) is 22.5. The second-order valence-corrected chi connectivity index (χ2v) is 7.94. The van der Waals surface area contributed by atoms with Crippen LogP contribution in [0.1, 0.15) is 10.4 Å². The van der Waals surface area contributed by atoms with Crippen molar-refractivity contribution in [2.75, 3.05) is 25.5 Å². The number of benzene rings is 3. The summed E-state index contributed by atoms with van der Waals surface area (Å²) in [5, 5.41) is 1.05. The van der Waals surface area contributed by atoms with E-state index in [9.17, 15) is 22.4 Å². The van der Waals surface area contributed by atoms with Gasteiger partial charge in [-0.1, -0.05) is 24.3 Å². The number of carbonyl (C=O) groups excluding carboxylic acids is 2. The molecule has 0 spiro atoms. The zero-order valence-electron chi connectivity index (χ0n) is 16.5. The van der Waals surface area contributed by atoms with Gasteiger partial charge < -0.3 is 14.2 Å². The number of fused-ring (bicyclic) bond motifs is 1. The fourth-order valence-corrected chi connectivity index (χ4v) is 3.92. The van der Waals surface area contributed by atoms with Crippen molar-refractivity contribution >= 4 is 38.4 Å². The van der Waals surface area contributed by atoms with Crippen LogP contribution in [-0.2, 0) is 24.3 Å². The predicted molar refractivity (Wildman–Crippen MR) is 110 cm³/mol. The van der Waals surface area contributed by atoms with Gasteiger partial charge in [-0.05, 0) is 30.3 Å². The first-order chi connectivity index (χ1) is 14.8. The fourth-order valence-electron chi connectivity index (χ4n) is 2.82. The van der Waals surface area contributed by atoms with E-state index in [-0.39, 0.29) is 22.8 Å². The van der Waals surface area contributed by atoms with Crippen molar-refractivity contribution in [3.63, 3.8) is 0 Å². The molecule has 0 saturated heterocycles. The number of esters is 2. The molecule has 0 bridgehead atoms. The Morgan fingerprint density at radius 1 is 0.968 bits per heavy atom. The molecule has 0 aromatic heterocycles. The van der Waals surface area contributed by atoms with Crippen molar-refractivity contribution in [2.24, 2.45) is 0 Å². The van der Waals surface area contributed by atoms with E-state index in [4.69, 9.17) is 4.74 Å². The molecule has 31 heavy (non-hydrogen) atoms. The Balaban J connectivity index is 1.95. The third kappa shape index (κ3) is 4.75. The lowest BCUT2D eigenvalue weighted by molar-refractivity contribution is -0.142. The van der Waals surface area contributed by atoms with E-state index in [0.717, 1.165) is 25.3 Å². The summed E-state index contributed by atoms with van der Waals surface area (Å²) in [6.45, 7) is -0.308. The number of hydrogen-bond acceptors (Lipinski definition) is 7. The Bertz CT molecular complexity index is 1260.